The normalized spacial score (nSPS) is 10.2. The average Bonchev–Trinajstić information content (AvgIpc) is 2.56. The number of hydrogen-bond acceptors (Lipinski definition) is 4. The molecular formula is C19H21ClN2O3. The van der Waals surface area contributed by atoms with E-state index in [4.69, 9.17) is 16.3 Å². The van der Waals surface area contributed by atoms with Crippen LogP contribution in [-0.2, 0) is 9.53 Å². The molecule has 0 saturated heterocycles. The van der Waals surface area contributed by atoms with E-state index >= 15 is 0 Å². The molecule has 0 atom stereocenters. The number of anilines is 2. The number of esters is 1. The topological polar surface area (TPSA) is 67.4 Å². The Morgan fingerprint density at radius 3 is 2.56 bits per heavy atom. The smallest absolute Gasteiger partial charge is 0.340 e. The molecule has 1 amide bonds. The van der Waals surface area contributed by atoms with Crippen LogP contribution in [-0.4, -0.2) is 25.0 Å². The molecule has 0 saturated carbocycles. The van der Waals surface area contributed by atoms with E-state index in [0.29, 0.717) is 28.6 Å². The zero-order valence-electron chi connectivity index (χ0n) is 14.5. The van der Waals surface area contributed by atoms with Crippen molar-refractivity contribution in [2.75, 3.05) is 23.8 Å². The molecule has 2 N–H and O–H groups in total. The van der Waals surface area contributed by atoms with E-state index in [2.05, 4.69) is 10.6 Å². The summed E-state index contributed by atoms with van der Waals surface area (Å²) in [5.74, 6) is -0.684. The second kappa shape index (κ2) is 8.53. The van der Waals surface area contributed by atoms with Gasteiger partial charge in [0.25, 0.3) is 0 Å². The van der Waals surface area contributed by atoms with Crippen molar-refractivity contribution < 1.29 is 14.3 Å². The maximum atomic E-state index is 12.2. The highest BCUT2D eigenvalue weighted by Gasteiger charge is 2.13. The lowest BCUT2D eigenvalue weighted by Crippen LogP contribution is -2.23. The summed E-state index contributed by atoms with van der Waals surface area (Å²) in [5.41, 5.74) is 3.45. The van der Waals surface area contributed by atoms with Gasteiger partial charge >= 0.3 is 5.97 Å². The number of hydrogen-bond donors (Lipinski definition) is 2. The Labute approximate surface area is 152 Å². The fraction of sp³-hybridized carbons (Fsp3) is 0.263. The molecule has 0 aliphatic carbocycles. The fourth-order valence-corrected chi connectivity index (χ4v) is 2.83. The molecule has 0 radical (unpaired) electrons. The van der Waals surface area contributed by atoms with Crippen LogP contribution in [0.3, 0.4) is 0 Å². The minimum atomic E-state index is -0.427. The molecule has 0 fully saturated rings. The number of ether oxygens (including phenoxy) is 1. The molecule has 6 heteroatoms. The van der Waals surface area contributed by atoms with Gasteiger partial charge in [0.05, 0.1) is 29.4 Å². The molecule has 2 aromatic carbocycles. The van der Waals surface area contributed by atoms with Gasteiger partial charge in [-0.15, -0.1) is 0 Å². The predicted molar refractivity (Wildman–Crippen MR) is 100 cm³/mol. The van der Waals surface area contributed by atoms with Gasteiger partial charge in [-0.2, -0.15) is 0 Å². The van der Waals surface area contributed by atoms with Crippen molar-refractivity contribution in [2.24, 2.45) is 0 Å². The van der Waals surface area contributed by atoms with Gasteiger partial charge in [0.2, 0.25) is 5.91 Å². The third-order valence-electron chi connectivity index (χ3n) is 3.56. The largest absolute Gasteiger partial charge is 0.462 e. The van der Waals surface area contributed by atoms with Crippen molar-refractivity contribution >= 4 is 34.9 Å². The van der Waals surface area contributed by atoms with Crippen molar-refractivity contribution in [1.29, 1.82) is 0 Å². The average molecular weight is 361 g/mol. The molecule has 25 heavy (non-hydrogen) atoms. The van der Waals surface area contributed by atoms with Crippen LogP contribution in [0.4, 0.5) is 11.4 Å². The van der Waals surface area contributed by atoms with Gasteiger partial charge in [-0.1, -0.05) is 29.8 Å². The molecule has 132 valence electrons. The summed E-state index contributed by atoms with van der Waals surface area (Å²) in [6, 6.07) is 10.7. The monoisotopic (exact) mass is 360 g/mol. The van der Waals surface area contributed by atoms with Gasteiger partial charge in [0.15, 0.2) is 0 Å². The number of halogens is 1. The van der Waals surface area contributed by atoms with E-state index in [1.807, 2.05) is 19.9 Å². The van der Waals surface area contributed by atoms with Crippen LogP contribution in [0.5, 0.6) is 0 Å². The Bertz CT molecular complexity index is 767. The van der Waals surface area contributed by atoms with E-state index in [1.54, 1.807) is 37.3 Å². The van der Waals surface area contributed by atoms with Crippen LogP contribution in [0.2, 0.25) is 5.02 Å². The number of nitrogens with one attached hydrogen (secondary N) is 2. The van der Waals surface area contributed by atoms with E-state index in [0.717, 1.165) is 11.1 Å². The van der Waals surface area contributed by atoms with Gasteiger partial charge in [0, 0.05) is 5.69 Å². The van der Waals surface area contributed by atoms with E-state index < -0.39 is 5.97 Å². The van der Waals surface area contributed by atoms with Crippen LogP contribution in [0.25, 0.3) is 0 Å². The first-order chi connectivity index (χ1) is 11.9. The summed E-state index contributed by atoms with van der Waals surface area (Å²) >= 11 is 6.20. The molecule has 5 nitrogen and oxygen atoms in total. The molecule has 0 heterocycles. The van der Waals surface area contributed by atoms with Crippen LogP contribution in [0, 0.1) is 13.8 Å². The summed E-state index contributed by atoms with van der Waals surface area (Å²) in [7, 11) is 0. The van der Waals surface area contributed by atoms with Crippen molar-refractivity contribution in [3.8, 4) is 0 Å². The highest BCUT2D eigenvalue weighted by Crippen LogP contribution is 2.27. The SMILES string of the molecule is CCOC(=O)c1ccccc1NCC(=O)Nc1c(C)cc(C)cc1Cl. The Balaban J connectivity index is 2.05. The summed E-state index contributed by atoms with van der Waals surface area (Å²) in [4.78, 5) is 24.2. The molecule has 2 rings (SSSR count). The summed E-state index contributed by atoms with van der Waals surface area (Å²) in [6.45, 7) is 5.87. The number of carbonyl (C=O) groups is 2. The van der Waals surface area contributed by atoms with Crippen LogP contribution in [0.1, 0.15) is 28.4 Å². The lowest BCUT2D eigenvalue weighted by atomic mass is 10.1. The molecule has 0 unspecified atom stereocenters. The first kappa shape index (κ1) is 18.8. The third kappa shape index (κ3) is 4.97. The number of amides is 1. The molecular weight excluding hydrogens is 340 g/mol. The molecule has 0 aliphatic heterocycles. The van der Waals surface area contributed by atoms with Crippen LogP contribution in [0.15, 0.2) is 36.4 Å². The van der Waals surface area contributed by atoms with Crippen molar-refractivity contribution in [3.05, 3.63) is 58.1 Å². The second-order valence-corrected chi connectivity index (χ2v) is 6.01. The van der Waals surface area contributed by atoms with E-state index in [-0.39, 0.29) is 12.5 Å². The minimum absolute atomic E-state index is 0.0000631. The van der Waals surface area contributed by atoms with Gasteiger partial charge in [0.1, 0.15) is 0 Å². The van der Waals surface area contributed by atoms with Crippen LogP contribution >= 0.6 is 11.6 Å². The van der Waals surface area contributed by atoms with Crippen LogP contribution < -0.4 is 10.6 Å². The molecule has 0 spiro atoms. The summed E-state index contributed by atoms with van der Waals surface area (Å²) < 4.78 is 5.02. The maximum Gasteiger partial charge on any atom is 0.340 e. The minimum Gasteiger partial charge on any atom is -0.462 e. The number of aryl methyl sites for hydroxylation is 2. The predicted octanol–water partition coefficient (Wildman–Crippen LogP) is 4.18. The lowest BCUT2D eigenvalue weighted by Gasteiger charge is -2.14. The van der Waals surface area contributed by atoms with Crippen molar-refractivity contribution in [3.63, 3.8) is 0 Å². The first-order valence-electron chi connectivity index (χ1n) is 7.99. The molecule has 0 aliphatic rings. The zero-order valence-corrected chi connectivity index (χ0v) is 15.2. The quantitative estimate of drug-likeness (QED) is 0.758. The molecule has 0 bridgehead atoms. The third-order valence-corrected chi connectivity index (χ3v) is 3.86. The van der Waals surface area contributed by atoms with Crippen molar-refractivity contribution in [2.45, 2.75) is 20.8 Å². The number of benzene rings is 2. The number of carbonyl (C=O) groups excluding carboxylic acids is 2. The van der Waals surface area contributed by atoms with E-state index in [9.17, 15) is 9.59 Å². The fourth-order valence-electron chi connectivity index (χ4n) is 2.46. The Morgan fingerprint density at radius 2 is 1.88 bits per heavy atom. The zero-order chi connectivity index (χ0) is 18.4. The first-order valence-corrected chi connectivity index (χ1v) is 8.36. The lowest BCUT2D eigenvalue weighted by molar-refractivity contribution is -0.114. The van der Waals surface area contributed by atoms with E-state index in [1.165, 1.54) is 0 Å². The van der Waals surface area contributed by atoms with Gasteiger partial charge in [-0.05, 0) is 50.1 Å². The molecule has 0 aromatic heterocycles. The molecule has 2 aromatic rings. The highest BCUT2D eigenvalue weighted by atomic mass is 35.5. The Hall–Kier alpha value is -2.53. The highest BCUT2D eigenvalue weighted by molar-refractivity contribution is 6.34. The maximum absolute atomic E-state index is 12.2. The van der Waals surface area contributed by atoms with Gasteiger partial charge in [-0.25, -0.2) is 4.79 Å². The van der Waals surface area contributed by atoms with Gasteiger partial charge in [-0.3, -0.25) is 4.79 Å². The second-order valence-electron chi connectivity index (χ2n) is 5.61. The van der Waals surface area contributed by atoms with Gasteiger partial charge < -0.3 is 15.4 Å². The summed E-state index contributed by atoms with van der Waals surface area (Å²) in [5, 5.41) is 6.27. The number of rotatable bonds is 6. The Morgan fingerprint density at radius 1 is 1.16 bits per heavy atom. The summed E-state index contributed by atoms with van der Waals surface area (Å²) in [6.07, 6.45) is 0. The number of para-hydroxylation sites is 1. The standard InChI is InChI=1S/C19H21ClN2O3/c1-4-25-19(24)14-7-5-6-8-16(14)21-11-17(23)22-18-13(3)9-12(2)10-15(18)20/h5-10,21H,4,11H2,1-3H3,(H,22,23). The Kier molecular flexibility index (Phi) is 6.42. The van der Waals surface area contributed by atoms with Crippen molar-refractivity contribution in [1.82, 2.24) is 0 Å².